The largest absolute Gasteiger partial charge is 0.419 e. The molecular weight excluding hydrogens is 545 g/mol. The minimum atomic E-state index is -3.58. The van der Waals surface area contributed by atoms with Gasteiger partial charge < -0.3 is 9.32 Å². The molecule has 2 aliphatic heterocycles. The van der Waals surface area contributed by atoms with Crippen molar-refractivity contribution in [3.8, 4) is 6.07 Å². The molecule has 37 heavy (non-hydrogen) atoms. The molecule has 2 aromatic heterocycles. The summed E-state index contributed by atoms with van der Waals surface area (Å²) >= 11 is 13.3. The van der Waals surface area contributed by atoms with E-state index in [1.807, 2.05) is 6.07 Å². The number of carbonyl (C=O) groups excluding carboxylic acids is 1. The molecule has 8 nitrogen and oxygen atoms in total. The number of thiazole rings is 1. The summed E-state index contributed by atoms with van der Waals surface area (Å²) in [6.45, 7) is 5.61. The number of aromatic nitrogens is 3. The quantitative estimate of drug-likeness (QED) is 0.416. The molecule has 2 saturated heterocycles. The molecule has 1 aromatic carbocycles. The fourth-order valence-electron chi connectivity index (χ4n) is 5.01. The number of nitriles is 1. The van der Waals surface area contributed by atoms with Crippen LogP contribution in [0.15, 0.2) is 34.3 Å². The van der Waals surface area contributed by atoms with Gasteiger partial charge >= 0.3 is 5.92 Å². The summed E-state index contributed by atoms with van der Waals surface area (Å²) in [6, 6.07) is 5.57. The molecule has 0 aliphatic carbocycles. The van der Waals surface area contributed by atoms with Crippen LogP contribution in [-0.2, 0) is 17.3 Å². The molecule has 0 bridgehead atoms. The minimum Gasteiger partial charge on any atom is -0.419 e. The van der Waals surface area contributed by atoms with E-state index >= 15 is 8.78 Å². The van der Waals surface area contributed by atoms with Crippen LogP contribution in [-0.4, -0.2) is 57.1 Å². The molecule has 0 saturated carbocycles. The van der Waals surface area contributed by atoms with Crippen molar-refractivity contribution in [1.29, 1.82) is 5.26 Å². The van der Waals surface area contributed by atoms with Crippen molar-refractivity contribution in [1.82, 2.24) is 25.0 Å². The summed E-state index contributed by atoms with van der Waals surface area (Å²) in [5.41, 5.74) is -0.280. The third kappa shape index (κ3) is 4.61. The van der Waals surface area contributed by atoms with Gasteiger partial charge in [0.25, 0.3) is 5.89 Å². The molecule has 1 amide bonds. The number of amides is 1. The van der Waals surface area contributed by atoms with Gasteiger partial charge in [-0.25, -0.2) is 0 Å². The minimum absolute atomic E-state index is 0.00782. The number of rotatable bonds is 6. The Morgan fingerprint density at radius 2 is 2.03 bits per heavy atom. The van der Waals surface area contributed by atoms with Gasteiger partial charge in [-0.3, -0.25) is 14.7 Å². The molecule has 0 radical (unpaired) electrons. The second-order valence-corrected chi connectivity index (χ2v) is 11.9. The van der Waals surface area contributed by atoms with E-state index in [-0.39, 0.29) is 27.8 Å². The van der Waals surface area contributed by atoms with Crippen LogP contribution in [0.1, 0.15) is 42.0 Å². The highest BCUT2D eigenvalue weighted by molar-refractivity contribution is 7.09. The first-order valence-electron chi connectivity index (χ1n) is 11.4. The van der Waals surface area contributed by atoms with Crippen LogP contribution in [0.2, 0.25) is 10.0 Å². The van der Waals surface area contributed by atoms with Crippen LogP contribution in [0.25, 0.3) is 0 Å². The smallest absolute Gasteiger partial charge is 0.349 e. The van der Waals surface area contributed by atoms with Crippen molar-refractivity contribution >= 4 is 40.4 Å². The fourth-order valence-corrected chi connectivity index (χ4v) is 5.95. The van der Waals surface area contributed by atoms with Gasteiger partial charge in [-0.05, 0) is 26.0 Å². The Bertz CT molecular complexity index is 1370. The predicted octanol–water partition coefficient (Wildman–Crippen LogP) is 4.95. The van der Waals surface area contributed by atoms with Crippen LogP contribution >= 0.6 is 34.5 Å². The maximum absolute atomic E-state index is 15.3. The summed E-state index contributed by atoms with van der Waals surface area (Å²) in [4.78, 5) is 21.8. The molecule has 194 valence electrons. The van der Waals surface area contributed by atoms with Crippen molar-refractivity contribution in [2.45, 2.75) is 32.2 Å². The molecule has 1 atom stereocenters. The fraction of sp³-hybridized carbons (Fsp3) is 0.458. The van der Waals surface area contributed by atoms with E-state index in [0.29, 0.717) is 32.7 Å². The van der Waals surface area contributed by atoms with Gasteiger partial charge in [0.2, 0.25) is 11.8 Å². The second kappa shape index (κ2) is 9.27. The predicted molar refractivity (Wildman–Crippen MR) is 132 cm³/mol. The van der Waals surface area contributed by atoms with Crippen molar-refractivity contribution in [2.24, 2.45) is 10.8 Å². The average Bonchev–Trinajstić information content (AvgIpc) is 3.59. The Labute approximate surface area is 225 Å². The van der Waals surface area contributed by atoms with Gasteiger partial charge in [0, 0.05) is 54.8 Å². The van der Waals surface area contributed by atoms with Gasteiger partial charge in [-0.15, -0.1) is 21.5 Å². The third-order valence-electron chi connectivity index (χ3n) is 6.98. The van der Waals surface area contributed by atoms with Crippen LogP contribution < -0.4 is 0 Å². The van der Waals surface area contributed by atoms with E-state index in [2.05, 4.69) is 20.1 Å². The first-order valence-corrected chi connectivity index (χ1v) is 13.1. The van der Waals surface area contributed by atoms with Gasteiger partial charge in [-0.2, -0.15) is 14.0 Å². The zero-order valence-corrected chi connectivity index (χ0v) is 22.2. The highest BCUT2D eigenvalue weighted by Crippen LogP contribution is 2.50. The number of carbonyl (C=O) groups is 1. The number of likely N-dealkylation sites (tertiary alicyclic amines) is 2. The highest BCUT2D eigenvalue weighted by atomic mass is 35.5. The Morgan fingerprint density at radius 3 is 2.68 bits per heavy atom. The SMILES string of the molecule is CC(C)(C#N)C(=O)N1CC2(CN(Cc3cncs3)CC2c2nnc(C(F)(F)c3ccc(Cl)c(Cl)c3)o2)C1. The number of benzene rings is 1. The first-order chi connectivity index (χ1) is 17.4. The maximum atomic E-state index is 15.3. The number of halogens is 4. The summed E-state index contributed by atoms with van der Waals surface area (Å²) < 4.78 is 36.1. The molecule has 5 rings (SSSR count). The normalized spacial score (nSPS) is 19.7. The maximum Gasteiger partial charge on any atom is 0.349 e. The molecule has 13 heteroatoms. The van der Waals surface area contributed by atoms with E-state index in [1.54, 1.807) is 30.5 Å². The van der Waals surface area contributed by atoms with Crippen molar-refractivity contribution in [3.63, 3.8) is 0 Å². The lowest BCUT2D eigenvalue weighted by Crippen LogP contribution is -2.63. The van der Waals surface area contributed by atoms with E-state index < -0.39 is 28.2 Å². The molecule has 4 heterocycles. The first kappa shape index (κ1) is 26.0. The van der Waals surface area contributed by atoms with Crippen LogP contribution in [0.5, 0.6) is 0 Å². The number of nitrogens with zero attached hydrogens (tertiary/aromatic N) is 6. The second-order valence-electron chi connectivity index (χ2n) is 10.1. The van der Waals surface area contributed by atoms with E-state index in [4.69, 9.17) is 27.6 Å². The molecular formula is C24H22Cl2F2N6O2S. The Balaban J connectivity index is 1.42. The lowest BCUT2D eigenvalue weighted by atomic mass is 9.70. The zero-order valence-electron chi connectivity index (χ0n) is 19.9. The van der Waals surface area contributed by atoms with Crippen molar-refractivity contribution in [3.05, 3.63) is 62.2 Å². The molecule has 1 spiro atoms. The summed E-state index contributed by atoms with van der Waals surface area (Å²) in [7, 11) is 0. The lowest BCUT2D eigenvalue weighted by molar-refractivity contribution is -0.150. The van der Waals surface area contributed by atoms with Crippen LogP contribution in [0.3, 0.4) is 0 Å². The van der Waals surface area contributed by atoms with Gasteiger partial charge in [0.1, 0.15) is 5.41 Å². The number of hydrogen-bond donors (Lipinski definition) is 0. The molecule has 2 fully saturated rings. The summed E-state index contributed by atoms with van der Waals surface area (Å²) in [5.74, 6) is -4.97. The average molecular weight is 567 g/mol. The Kier molecular flexibility index (Phi) is 6.51. The topological polar surface area (TPSA) is 99.2 Å². The van der Waals surface area contributed by atoms with Crippen LogP contribution in [0, 0.1) is 22.2 Å². The molecule has 3 aromatic rings. The van der Waals surface area contributed by atoms with E-state index in [0.717, 1.165) is 17.0 Å². The van der Waals surface area contributed by atoms with Crippen molar-refractivity contribution < 1.29 is 18.0 Å². The zero-order chi connectivity index (χ0) is 26.6. The van der Waals surface area contributed by atoms with Gasteiger partial charge in [-0.1, -0.05) is 29.3 Å². The van der Waals surface area contributed by atoms with Crippen LogP contribution in [0.4, 0.5) is 8.78 Å². The Morgan fingerprint density at radius 1 is 1.27 bits per heavy atom. The molecule has 1 unspecified atom stereocenters. The summed E-state index contributed by atoms with van der Waals surface area (Å²) in [6.07, 6.45) is 1.79. The number of hydrogen-bond acceptors (Lipinski definition) is 8. The molecule has 0 N–H and O–H groups in total. The van der Waals surface area contributed by atoms with E-state index in [9.17, 15) is 10.1 Å². The standard InChI is InChI=1S/C24H22Cl2F2N6O2S/c1-22(2,9-29)21(35)34-11-23(12-34)10-33(7-15-6-30-13-37-15)8-16(23)19-31-32-20(36-19)24(27,28)14-3-4-17(25)18(26)5-14/h3-6,13,16H,7-8,10-12H2,1-2H3. The number of alkyl halides is 2. The Hall–Kier alpha value is -2.65. The summed E-state index contributed by atoms with van der Waals surface area (Å²) in [5, 5.41) is 17.3. The van der Waals surface area contributed by atoms with E-state index in [1.165, 1.54) is 17.4 Å². The lowest BCUT2D eigenvalue weighted by Gasteiger charge is -2.51. The van der Waals surface area contributed by atoms with Gasteiger partial charge in [0.15, 0.2) is 0 Å². The van der Waals surface area contributed by atoms with Crippen molar-refractivity contribution in [2.75, 3.05) is 26.2 Å². The monoisotopic (exact) mass is 566 g/mol. The van der Waals surface area contributed by atoms with Gasteiger partial charge in [0.05, 0.1) is 27.5 Å². The molecule has 2 aliphatic rings. The third-order valence-corrected chi connectivity index (χ3v) is 8.49. The highest BCUT2D eigenvalue weighted by Gasteiger charge is 2.59.